The number of hydrogen-bond donors (Lipinski definition) is 1. The molecule has 0 amide bonds. The Bertz CT molecular complexity index is 201. The summed E-state index contributed by atoms with van der Waals surface area (Å²) < 4.78 is 3.90. The summed E-state index contributed by atoms with van der Waals surface area (Å²) in [5, 5.41) is 8.51. The number of Topliss-reactive ketones (excluding diaryl/α,β-unsaturated/α-hetero) is 1. The van der Waals surface area contributed by atoms with Crippen LogP contribution in [0.25, 0.3) is 0 Å². The summed E-state index contributed by atoms with van der Waals surface area (Å²) in [7, 11) is 0. The third-order valence-corrected chi connectivity index (χ3v) is 0.822. The molecule has 0 radical (unpaired) electrons. The molecule has 0 heterocycles. The van der Waals surface area contributed by atoms with Gasteiger partial charge in [-0.2, -0.15) is 0 Å². The number of carbonyl (C=O) groups excluding carboxylic acids is 3. The maximum atomic E-state index is 10.4. The molecule has 0 bridgehead atoms. The molecule has 1 atom stereocenters. The second-order valence-electron chi connectivity index (χ2n) is 1.94. The average molecular weight is 208 g/mol. The van der Waals surface area contributed by atoms with Gasteiger partial charge in [-0.05, 0) is 6.92 Å². The molecule has 1 N–H and O–H groups in total. The maximum absolute atomic E-state index is 10.4. The molecule has 0 saturated carbocycles. The number of ketones is 1. The second-order valence-corrected chi connectivity index (χ2v) is 1.94. The quantitative estimate of drug-likeness (QED) is 0.239. The zero-order valence-corrected chi connectivity index (χ0v) is 6.16. The van der Waals surface area contributed by atoms with Gasteiger partial charge in [0.25, 0.3) is 0 Å². The van der Waals surface area contributed by atoms with Crippen LogP contribution in [0.3, 0.4) is 0 Å². The van der Waals surface area contributed by atoms with Crippen molar-refractivity contribution >= 4 is 76.8 Å². The van der Waals surface area contributed by atoms with Gasteiger partial charge in [-0.15, -0.1) is 0 Å². The van der Waals surface area contributed by atoms with E-state index in [-0.39, 0.29) is 59.1 Å². The zero-order valence-electron chi connectivity index (χ0n) is 6.16. The first-order valence-corrected chi connectivity index (χ1v) is 2.89. The molecule has 0 fully saturated rings. The van der Waals surface area contributed by atoms with Crippen LogP contribution < -0.4 is 0 Å². The van der Waals surface area contributed by atoms with Crippen molar-refractivity contribution in [3.05, 3.63) is 0 Å². The number of esters is 2. The van der Waals surface area contributed by atoms with Gasteiger partial charge in [0, 0.05) is 6.92 Å². The first-order chi connectivity index (χ1) is 4.95. The van der Waals surface area contributed by atoms with E-state index >= 15 is 0 Å². The Balaban J connectivity index is -0.000000500. The molecule has 1 unspecified atom stereocenters. The molecule has 0 aliphatic carbocycles. The van der Waals surface area contributed by atoms with E-state index in [4.69, 9.17) is 5.11 Å². The fourth-order valence-corrected chi connectivity index (χ4v) is 0.249. The van der Waals surface area contributed by atoms with Crippen molar-refractivity contribution in [3.63, 3.8) is 0 Å². The van der Waals surface area contributed by atoms with Crippen LogP contribution in [-0.2, 0) is 19.1 Å². The molecule has 7 heteroatoms. The van der Waals surface area contributed by atoms with Crippen molar-refractivity contribution in [2.45, 2.75) is 20.0 Å². The van der Waals surface area contributed by atoms with Crippen LogP contribution in [-0.4, -0.2) is 88.0 Å². The van der Waals surface area contributed by atoms with Crippen LogP contribution in [0.1, 0.15) is 13.8 Å². The van der Waals surface area contributed by atoms with Crippen molar-refractivity contribution in [1.82, 2.24) is 0 Å². The molecule has 0 aromatic heterocycles. The van der Waals surface area contributed by atoms with Gasteiger partial charge in [-0.1, -0.05) is 0 Å². The summed E-state index contributed by atoms with van der Waals surface area (Å²) in [5.41, 5.74) is 0. The molecule has 0 aromatic rings. The number of hydrogen-bond acceptors (Lipinski definition) is 5. The van der Waals surface area contributed by atoms with E-state index in [1.54, 1.807) is 0 Å². The van der Waals surface area contributed by atoms with E-state index < -0.39 is 23.8 Å². The van der Waals surface area contributed by atoms with Crippen molar-refractivity contribution in [3.8, 4) is 0 Å². The van der Waals surface area contributed by atoms with Crippen molar-refractivity contribution in [1.29, 1.82) is 0 Å². The van der Waals surface area contributed by atoms with E-state index in [9.17, 15) is 14.4 Å². The molecule has 0 aliphatic rings. The van der Waals surface area contributed by atoms with Crippen molar-refractivity contribution in [2.75, 3.05) is 0 Å². The first-order valence-electron chi connectivity index (χ1n) is 2.89. The SMILES string of the molecule is CC(=O)C(=O)OC(=O)C(C)O.[NaH].[NaH]. The van der Waals surface area contributed by atoms with E-state index in [0.717, 1.165) is 13.8 Å². The van der Waals surface area contributed by atoms with E-state index in [0.29, 0.717) is 0 Å². The van der Waals surface area contributed by atoms with Gasteiger partial charge < -0.3 is 9.84 Å². The molecule has 5 nitrogen and oxygen atoms in total. The summed E-state index contributed by atoms with van der Waals surface area (Å²) in [6, 6.07) is 0. The third-order valence-electron chi connectivity index (χ3n) is 0.822. The molecular weight excluding hydrogens is 198 g/mol. The predicted molar refractivity (Wildman–Crippen MR) is 47.8 cm³/mol. The fourth-order valence-electron chi connectivity index (χ4n) is 0.249. The van der Waals surface area contributed by atoms with Gasteiger partial charge in [0.05, 0.1) is 0 Å². The predicted octanol–water partition coefficient (Wildman–Crippen LogP) is -2.27. The number of ether oxygens (including phenoxy) is 1. The molecule has 66 valence electrons. The topological polar surface area (TPSA) is 80.7 Å². The molecule has 13 heavy (non-hydrogen) atoms. The fraction of sp³-hybridized carbons (Fsp3) is 0.500. The van der Waals surface area contributed by atoms with Crippen LogP contribution in [0, 0.1) is 0 Å². The molecule has 0 spiro atoms. The standard InChI is InChI=1S/C6H8O5.2Na.2H/c1-3(7)5(9)11-6(10)4(2)8;;;;/h3,7H,1-2H3;;;;. The van der Waals surface area contributed by atoms with Crippen molar-refractivity contribution < 1.29 is 24.2 Å². The minimum atomic E-state index is -1.39. The number of carbonyl (C=O) groups is 3. The van der Waals surface area contributed by atoms with Gasteiger partial charge in [-0.25, -0.2) is 9.59 Å². The molecular formula is C6H10Na2O5. The Hall–Kier alpha value is 0.770. The molecule has 0 aromatic carbocycles. The van der Waals surface area contributed by atoms with Crippen LogP contribution in [0.5, 0.6) is 0 Å². The number of rotatable bonds is 2. The Labute approximate surface area is 120 Å². The molecule has 0 saturated heterocycles. The Kier molecular flexibility index (Phi) is 13.9. The van der Waals surface area contributed by atoms with Gasteiger partial charge in [0.15, 0.2) is 0 Å². The summed E-state index contributed by atoms with van der Waals surface area (Å²) >= 11 is 0. The number of aliphatic hydroxyl groups excluding tert-OH is 1. The third kappa shape index (κ3) is 9.08. The Morgan fingerprint density at radius 3 is 1.85 bits per heavy atom. The van der Waals surface area contributed by atoms with Gasteiger partial charge >= 0.3 is 71.1 Å². The summed E-state index contributed by atoms with van der Waals surface area (Å²) in [4.78, 5) is 31.0. The average Bonchev–Trinajstić information content (AvgIpc) is 1.87. The normalized spacial score (nSPS) is 10.1. The van der Waals surface area contributed by atoms with E-state index in [2.05, 4.69) is 4.74 Å². The number of aliphatic hydroxyl groups is 1. The Morgan fingerprint density at radius 1 is 1.23 bits per heavy atom. The summed E-state index contributed by atoms with van der Waals surface area (Å²) in [6.45, 7) is 2.10. The van der Waals surface area contributed by atoms with Gasteiger partial charge in [0.1, 0.15) is 6.10 Å². The minimum absolute atomic E-state index is 0. The van der Waals surface area contributed by atoms with Crippen LogP contribution >= 0.6 is 0 Å². The van der Waals surface area contributed by atoms with Crippen molar-refractivity contribution in [2.24, 2.45) is 0 Å². The summed E-state index contributed by atoms with van der Waals surface area (Å²) in [6.07, 6.45) is -1.39. The second kappa shape index (κ2) is 9.33. The van der Waals surface area contributed by atoms with Crippen LogP contribution in [0.2, 0.25) is 0 Å². The summed E-state index contributed by atoms with van der Waals surface area (Å²) in [5.74, 6) is -3.25. The van der Waals surface area contributed by atoms with E-state index in [1.807, 2.05) is 0 Å². The van der Waals surface area contributed by atoms with Crippen LogP contribution in [0.15, 0.2) is 0 Å². The van der Waals surface area contributed by atoms with E-state index in [1.165, 1.54) is 0 Å². The molecule has 0 aliphatic heterocycles. The first kappa shape index (κ1) is 19.4. The zero-order chi connectivity index (χ0) is 9.02. The van der Waals surface area contributed by atoms with Gasteiger partial charge in [0.2, 0.25) is 5.78 Å². The van der Waals surface area contributed by atoms with Crippen LogP contribution in [0.4, 0.5) is 0 Å². The Morgan fingerprint density at radius 2 is 1.62 bits per heavy atom. The molecule has 0 rings (SSSR count). The monoisotopic (exact) mass is 208 g/mol. The van der Waals surface area contributed by atoms with Gasteiger partial charge in [-0.3, -0.25) is 4.79 Å².